The summed E-state index contributed by atoms with van der Waals surface area (Å²) in [6.07, 6.45) is 4.20. The van der Waals surface area contributed by atoms with Gasteiger partial charge >= 0.3 is 0 Å². The minimum atomic E-state index is -0.168. The first-order valence-electron chi connectivity index (χ1n) is 8.38. The molecule has 0 aromatic heterocycles. The molecule has 0 atom stereocenters. The van der Waals surface area contributed by atoms with E-state index in [1.54, 1.807) is 0 Å². The van der Waals surface area contributed by atoms with Crippen molar-refractivity contribution in [3.8, 4) is 11.5 Å². The molecule has 0 aliphatic carbocycles. The molecule has 0 N–H and O–H groups in total. The average molecular weight is 346 g/mol. The number of ether oxygens (including phenoxy) is 2. The molecule has 5 nitrogen and oxygen atoms in total. The van der Waals surface area contributed by atoms with E-state index in [1.807, 2.05) is 38.1 Å². The van der Waals surface area contributed by atoms with E-state index in [4.69, 9.17) is 9.47 Å². The van der Waals surface area contributed by atoms with E-state index in [1.165, 1.54) is 24.6 Å². The van der Waals surface area contributed by atoms with Crippen LogP contribution in [0.2, 0.25) is 0 Å². The number of thioether (sulfide) groups is 1. The Balaban J connectivity index is 1.81. The van der Waals surface area contributed by atoms with Crippen molar-refractivity contribution in [1.29, 1.82) is 0 Å². The van der Waals surface area contributed by atoms with Gasteiger partial charge in [-0.2, -0.15) is 4.99 Å². The summed E-state index contributed by atoms with van der Waals surface area (Å²) in [5.41, 5.74) is 0.869. The minimum Gasteiger partial charge on any atom is -0.494 e. The second-order valence-electron chi connectivity index (χ2n) is 5.57. The Morgan fingerprint density at radius 3 is 2.67 bits per heavy atom. The summed E-state index contributed by atoms with van der Waals surface area (Å²) in [5.74, 6) is 1.32. The van der Waals surface area contributed by atoms with E-state index in [0.717, 1.165) is 35.3 Å². The molecule has 6 heteroatoms. The van der Waals surface area contributed by atoms with Gasteiger partial charge in [-0.25, -0.2) is 0 Å². The van der Waals surface area contributed by atoms with Gasteiger partial charge in [0.1, 0.15) is 11.5 Å². The van der Waals surface area contributed by atoms with E-state index in [-0.39, 0.29) is 5.91 Å². The van der Waals surface area contributed by atoms with Crippen LogP contribution in [0.25, 0.3) is 6.08 Å². The number of amides is 1. The lowest BCUT2D eigenvalue weighted by Crippen LogP contribution is -2.23. The highest BCUT2D eigenvalue weighted by Gasteiger charge is 2.27. The lowest BCUT2D eigenvalue weighted by Gasteiger charge is -2.14. The number of nitrogens with zero attached hydrogens (tertiary/aromatic N) is 2. The third-order valence-electron chi connectivity index (χ3n) is 3.87. The van der Waals surface area contributed by atoms with Gasteiger partial charge in [0.15, 0.2) is 5.17 Å². The maximum atomic E-state index is 12.2. The van der Waals surface area contributed by atoms with Crippen molar-refractivity contribution in [2.24, 2.45) is 4.99 Å². The van der Waals surface area contributed by atoms with E-state index in [2.05, 4.69) is 9.89 Å². The lowest BCUT2D eigenvalue weighted by molar-refractivity contribution is -0.113. The summed E-state index contributed by atoms with van der Waals surface area (Å²) in [4.78, 5) is 19.2. The predicted molar refractivity (Wildman–Crippen MR) is 97.6 cm³/mol. The Morgan fingerprint density at radius 2 is 1.96 bits per heavy atom. The van der Waals surface area contributed by atoms with Crippen LogP contribution in [-0.4, -0.2) is 42.3 Å². The molecule has 1 fully saturated rings. The standard InChI is InChI=1S/C18H22N2O3S/c1-3-22-14-8-7-13(15(12-14)23-4-2)11-16-17(21)19-18(24-16)20-9-5-6-10-20/h7-8,11-12H,3-6,9-10H2,1-2H3/b16-11+. The molecule has 2 heterocycles. The molecule has 1 amide bonds. The largest absolute Gasteiger partial charge is 0.494 e. The third kappa shape index (κ3) is 3.75. The molecule has 3 rings (SSSR count). The van der Waals surface area contributed by atoms with Crippen LogP contribution in [0.15, 0.2) is 28.1 Å². The topological polar surface area (TPSA) is 51.1 Å². The van der Waals surface area contributed by atoms with Gasteiger partial charge in [-0.3, -0.25) is 4.79 Å². The highest BCUT2D eigenvalue weighted by atomic mass is 32.2. The van der Waals surface area contributed by atoms with Gasteiger partial charge in [0, 0.05) is 24.7 Å². The number of rotatable bonds is 5. The van der Waals surface area contributed by atoms with E-state index >= 15 is 0 Å². The molecule has 1 saturated heterocycles. The molecule has 128 valence electrons. The normalized spacial score (nSPS) is 19.1. The van der Waals surface area contributed by atoms with Gasteiger partial charge in [-0.05, 0) is 56.7 Å². The molecule has 0 spiro atoms. The van der Waals surface area contributed by atoms with Crippen LogP contribution in [0.1, 0.15) is 32.3 Å². The number of carbonyl (C=O) groups excluding carboxylic acids is 1. The Labute approximate surface area is 146 Å². The Kier molecular flexibility index (Phi) is 5.45. The predicted octanol–water partition coefficient (Wildman–Crippen LogP) is 3.55. The van der Waals surface area contributed by atoms with Gasteiger partial charge < -0.3 is 14.4 Å². The van der Waals surface area contributed by atoms with Gasteiger partial charge in [0.05, 0.1) is 18.1 Å². The molecule has 0 radical (unpaired) electrons. The van der Waals surface area contributed by atoms with Gasteiger partial charge in [0.2, 0.25) is 0 Å². The van der Waals surface area contributed by atoms with Crippen molar-refractivity contribution < 1.29 is 14.3 Å². The van der Waals surface area contributed by atoms with Crippen molar-refractivity contribution >= 4 is 28.9 Å². The first kappa shape index (κ1) is 16.9. The molecule has 1 aromatic rings. The maximum Gasteiger partial charge on any atom is 0.286 e. The van der Waals surface area contributed by atoms with Crippen molar-refractivity contribution in [2.45, 2.75) is 26.7 Å². The van der Waals surface area contributed by atoms with Gasteiger partial charge in [0.25, 0.3) is 5.91 Å². The number of hydrogen-bond donors (Lipinski definition) is 0. The van der Waals surface area contributed by atoms with Crippen molar-refractivity contribution in [1.82, 2.24) is 4.90 Å². The molecule has 2 aliphatic heterocycles. The first-order valence-corrected chi connectivity index (χ1v) is 9.20. The zero-order chi connectivity index (χ0) is 16.9. The van der Waals surface area contributed by atoms with Crippen LogP contribution in [-0.2, 0) is 4.79 Å². The van der Waals surface area contributed by atoms with Crippen LogP contribution < -0.4 is 9.47 Å². The van der Waals surface area contributed by atoms with E-state index in [0.29, 0.717) is 18.1 Å². The fraction of sp³-hybridized carbons (Fsp3) is 0.444. The number of likely N-dealkylation sites (tertiary alicyclic amines) is 1. The van der Waals surface area contributed by atoms with Crippen molar-refractivity contribution in [2.75, 3.05) is 26.3 Å². The Hall–Kier alpha value is -1.95. The fourth-order valence-corrected chi connectivity index (χ4v) is 3.71. The zero-order valence-electron chi connectivity index (χ0n) is 14.1. The third-order valence-corrected chi connectivity index (χ3v) is 4.91. The summed E-state index contributed by atoms with van der Waals surface area (Å²) < 4.78 is 11.2. The highest BCUT2D eigenvalue weighted by molar-refractivity contribution is 8.18. The molecule has 24 heavy (non-hydrogen) atoms. The van der Waals surface area contributed by atoms with E-state index in [9.17, 15) is 4.79 Å². The summed E-state index contributed by atoms with van der Waals surface area (Å²) in [7, 11) is 0. The number of carbonyl (C=O) groups is 1. The lowest BCUT2D eigenvalue weighted by atomic mass is 10.1. The summed E-state index contributed by atoms with van der Waals surface area (Å²) in [6, 6.07) is 5.68. The Bertz CT molecular complexity index is 679. The molecule has 1 aromatic carbocycles. The second kappa shape index (κ2) is 7.75. The SMILES string of the molecule is CCOc1ccc(/C=C2/SC(N3CCCC3)=NC2=O)c(OCC)c1. The quantitative estimate of drug-likeness (QED) is 0.763. The minimum absolute atomic E-state index is 0.168. The molecule has 2 aliphatic rings. The average Bonchev–Trinajstić information content (AvgIpc) is 3.21. The van der Waals surface area contributed by atoms with E-state index < -0.39 is 0 Å². The number of aliphatic imine (C=N–C) groups is 1. The molecular formula is C18H22N2O3S. The molecular weight excluding hydrogens is 324 g/mol. The number of benzene rings is 1. The number of amidine groups is 1. The maximum absolute atomic E-state index is 12.2. The number of hydrogen-bond acceptors (Lipinski definition) is 5. The van der Waals surface area contributed by atoms with Crippen LogP contribution in [0.3, 0.4) is 0 Å². The smallest absolute Gasteiger partial charge is 0.286 e. The van der Waals surface area contributed by atoms with Crippen LogP contribution >= 0.6 is 11.8 Å². The van der Waals surface area contributed by atoms with Gasteiger partial charge in [-0.15, -0.1) is 0 Å². The van der Waals surface area contributed by atoms with Crippen LogP contribution in [0.5, 0.6) is 11.5 Å². The van der Waals surface area contributed by atoms with Crippen molar-refractivity contribution in [3.63, 3.8) is 0 Å². The van der Waals surface area contributed by atoms with Crippen LogP contribution in [0.4, 0.5) is 0 Å². The van der Waals surface area contributed by atoms with Gasteiger partial charge in [-0.1, -0.05) is 0 Å². The Morgan fingerprint density at radius 1 is 1.21 bits per heavy atom. The van der Waals surface area contributed by atoms with Crippen molar-refractivity contribution in [3.05, 3.63) is 28.7 Å². The molecule has 0 unspecified atom stereocenters. The first-order chi connectivity index (χ1) is 11.7. The molecule has 0 bridgehead atoms. The summed E-state index contributed by atoms with van der Waals surface area (Å²) in [5, 5.41) is 0.827. The van der Waals surface area contributed by atoms with Crippen LogP contribution in [0, 0.1) is 0 Å². The molecule has 0 saturated carbocycles. The zero-order valence-corrected chi connectivity index (χ0v) is 14.9. The monoisotopic (exact) mass is 346 g/mol. The summed E-state index contributed by atoms with van der Waals surface area (Å²) >= 11 is 1.45. The highest BCUT2D eigenvalue weighted by Crippen LogP contribution is 2.34. The fourth-order valence-electron chi connectivity index (χ4n) is 2.75. The summed E-state index contributed by atoms with van der Waals surface area (Å²) in [6.45, 7) is 7.02. The second-order valence-corrected chi connectivity index (χ2v) is 6.58.